The maximum absolute atomic E-state index is 14.5. The average molecular weight is 497 g/mol. The van der Waals surface area contributed by atoms with E-state index in [0.717, 1.165) is 38.2 Å². The van der Waals surface area contributed by atoms with Crippen molar-refractivity contribution in [2.24, 2.45) is 5.92 Å². The molecule has 186 valence electrons. The Morgan fingerprint density at radius 3 is 2.71 bits per heavy atom. The van der Waals surface area contributed by atoms with E-state index >= 15 is 0 Å². The number of hydrogen-bond acceptors (Lipinski definition) is 5. The zero-order chi connectivity index (χ0) is 24.6. The number of likely N-dealkylation sites (N-methyl/N-ethyl adjacent to an activating group) is 1. The molecule has 0 unspecified atom stereocenters. The minimum atomic E-state index is -0.213. The molecule has 1 aliphatic heterocycles. The van der Waals surface area contributed by atoms with Gasteiger partial charge >= 0.3 is 0 Å². The van der Waals surface area contributed by atoms with Crippen LogP contribution in [0.3, 0.4) is 0 Å². The van der Waals surface area contributed by atoms with Crippen LogP contribution in [0.2, 0.25) is 0 Å². The molecule has 0 bridgehead atoms. The smallest absolute Gasteiger partial charge is 0.254 e. The van der Waals surface area contributed by atoms with Crippen molar-refractivity contribution in [3.63, 3.8) is 0 Å². The van der Waals surface area contributed by atoms with E-state index in [1.54, 1.807) is 6.07 Å². The van der Waals surface area contributed by atoms with Crippen LogP contribution in [0.1, 0.15) is 34.3 Å². The van der Waals surface area contributed by atoms with E-state index in [-0.39, 0.29) is 36.9 Å². The van der Waals surface area contributed by atoms with Gasteiger partial charge in [-0.3, -0.25) is 9.69 Å². The molecule has 5 nitrogen and oxygen atoms in total. The lowest BCUT2D eigenvalue weighted by Crippen LogP contribution is -2.47. The summed E-state index contributed by atoms with van der Waals surface area (Å²) in [4.78, 5) is 17.4. The van der Waals surface area contributed by atoms with Crippen LogP contribution in [0.5, 0.6) is 5.75 Å². The molecule has 7 heteroatoms. The Labute approximate surface area is 210 Å². The number of aliphatic hydroxyl groups excluding tert-OH is 1. The first-order chi connectivity index (χ1) is 17.0. The summed E-state index contributed by atoms with van der Waals surface area (Å²) in [5.41, 5.74) is 2.52. The van der Waals surface area contributed by atoms with Crippen molar-refractivity contribution in [3.8, 4) is 5.75 Å². The summed E-state index contributed by atoms with van der Waals surface area (Å²) in [6, 6.07) is 16.7. The zero-order valence-corrected chi connectivity index (χ0v) is 20.9. The van der Waals surface area contributed by atoms with Crippen LogP contribution < -0.4 is 4.74 Å². The fourth-order valence-electron chi connectivity index (χ4n) is 4.90. The number of likely N-dealkylation sites (tertiary alicyclic amines) is 1. The van der Waals surface area contributed by atoms with Gasteiger partial charge in [-0.2, -0.15) is 11.3 Å². The second-order valence-electron chi connectivity index (χ2n) is 9.12. The molecule has 3 aromatic rings. The van der Waals surface area contributed by atoms with Gasteiger partial charge in [-0.05, 0) is 79.0 Å². The molecule has 0 spiro atoms. The maximum Gasteiger partial charge on any atom is 0.254 e. The van der Waals surface area contributed by atoms with Crippen LogP contribution >= 0.6 is 11.3 Å². The molecular weight excluding hydrogens is 463 g/mol. The van der Waals surface area contributed by atoms with Gasteiger partial charge < -0.3 is 14.7 Å². The van der Waals surface area contributed by atoms with E-state index in [1.165, 1.54) is 23.0 Å². The number of benzene rings is 2. The molecule has 2 heterocycles. The molecule has 0 aliphatic carbocycles. The van der Waals surface area contributed by atoms with Crippen LogP contribution in [-0.4, -0.2) is 60.2 Å². The van der Waals surface area contributed by atoms with Crippen molar-refractivity contribution < 1.29 is 19.0 Å². The average Bonchev–Trinajstić information content (AvgIpc) is 3.42. The number of carbonyl (C=O) groups is 1. The highest BCUT2D eigenvalue weighted by atomic mass is 32.1. The minimum Gasteiger partial charge on any atom is -0.491 e. The topological polar surface area (TPSA) is 53.0 Å². The first-order valence-corrected chi connectivity index (χ1v) is 13.1. The van der Waals surface area contributed by atoms with Gasteiger partial charge in [0.2, 0.25) is 0 Å². The fourth-order valence-corrected chi connectivity index (χ4v) is 5.53. The lowest BCUT2D eigenvalue weighted by molar-refractivity contribution is 0.0584. The van der Waals surface area contributed by atoms with E-state index in [2.05, 4.69) is 11.0 Å². The number of carbonyl (C=O) groups excluding carboxylic acids is 1. The van der Waals surface area contributed by atoms with Crippen molar-refractivity contribution in [3.05, 3.63) is 87.9 Å². The second kappa shape index (κ2) is 12.3. The minimum absolute atomic E-state index is 0.00481. The predicted octanol–water partition coefficient (Wildman–Crippen LogP) is 4.85. The Morgan fingerprint density at radius 2 is 2.00 bits per heavy atom. The highest BCUT2D eigenvalue weighted by molar-refractivity contribution is 7.08. The van der Waals surface area contributed by atoms with E-state index < -0.39 is 0 Å². The van der Waals surface area contributed by atoms with Crippen molar-refractivity contribution >= 4 is 17.2 Å². The molecular formula is C28H33FN2O3S. The number of halogens is 1. The third kappa shape index (κ3) is 6.69. The van der Waals surface area contributed by atoms with Gasteiger partial charge in [0.05, 0.1) is 12.2 Å². The standard InChI is InChI=1S/C28H33FN2O3S/c1-30(28(33)24-11-16-35-20-24)27(18-23-6-2-3-8-26(23)29)22-9-12-31(13-10-22)19-21-5-4-7-25(17-21)34-15-14-32/h2-8,11,16-17,20,22,27,32H,9-10,12-15,18-19H2,1H3/t27-/m1/s1. The molecule has 0 saturated carbocycles. The summed E-state index contributed by atoms with van der Waals surface area (Å²) in [6.07, 6.45) is 2.40. The van der Waals surface area contributed by atoms with Crippen LogP contribution in [0.25, 0.3) is 0 Å². The van der Waals surface area contributed by atoms with Crippen LogP contribution in [-0.2, 0) is 13.0 Å². The van der Waals surface area contributed by atoms with Gasteiger partial charge in [0.25, 0.3) is 5.91 Å². The van der Waals surface area contributed by atoms with E-state index in [9.17, 15) is 9.18 Å². The Bertz CT molecular complexity index is 1080. The normalized spacial score (nSPS) is 15.6. The van der Waals surface area contributed by atoms with E-state index in [4.69, 9.17) is 9.84 Å². The van der Waals surface area contributed by atoms with Crippen LogP contribution in [0.15, 0.2) is 65.4 Å². The predicted molar refractivity (Wildman–Crippen MR) is 137 cm³/mol. The highest BCUT2D eigenvalue weighted by Crippen LogP contribution is 2.29. The van der Waals surface area contributed by atoms with Crippen LogP contribution in [0.4, 0.5) is 4.39 Å². The first-order valence-electron chi connectivity index (χ1n) is 12.1. The summed E-state index contributed by atoms with van der Waals surface area (Å²) >= 11 is 1.51. The number of ether oxygens (including phenoxy) is 1. The van der Waals surface area contributed by atoms with Gasteiger partial charge in [-0.1, -0.05) is 30.3 Å². The molecule has 35 heavy (non-hydrogen) atoms. The Kier molecular flexibility index (Phi) is 8.90. The summed E-state index contributed by atoms with van der Waals surface area (Å²) in [7, 11) is 1.86. The van der Waals surface area contributed by atoms with Crippen molar-refractivity contribution in [1.29, 1.82) is 0 Å². The monoisotopic (exact) mass is 496 g/mol. The van der Waals surface area contributed by atoms with E-state index in [1.807, 2.05) is 59.1 Å². The maximum atomic E-state index is 14.5. The molecule has 1 aromatic heterocycles. The molecule has 1 saturated heterocycles. The van der Waals surface area contributed by atoms with E-state index in [0.29, 0.717) is 17.5 Å². The molecule has 1 atom stereocenters. The van der Waals surface area contributed by atoms with Crippen molar-refractivity contribution in [1.82, 2.24) is 9.80 Å². The Balaban J connectivity index is 1.43. The van der Waals surface area contributed by atoms with Gasteiger partial charge in [-0.15, -0.1) is 0 Å². The van der Waals surface area contributed by atoms with Gasteiger partial charge in [0.1, 0.15) is 18.2 Å². The third-order valence-electron chi connectivity index (χ3n) is 6.81. The quantitative estimate of drug-likeness (QED) is 0.436. The number of hydrogen-bond donors (Lipinski definition) is 1. The van der Waals surface area contributed by atoms with Gasteiger partial charge in [0.15, 0.2) is 0 Å². The molecule has 4 rings (SSSR count). The lowest BCUT2D eigenvalue weighted by atomic mass is 9.84. The summed E-state index contributed by atoms with van der Waals surface area (Å²) in [5, 5.41) is 12.8. The van der Waals surface area contributed by atoms with Crippen LogP contribution in [0, 0.1) is 11.7 Å². The molecule has 2 aromatic carbocycles. The molecule has 0 radical (unpaired) electrons. The lowest BCUT2D eigenvalue weighted by Gasteiger charge is -2.40. The Hall–Kier alpha value is -2.74. The fraction of sp³-hybridized carbons (Fsp3) is 0.393. The number of amides is 1. The second-order valence-corrected chi connectivity index (χ2v) is 9.90. The number of aliphatic hydroxyl groups is 1. The Morgan fingerprint density at radius 1 is 1.20 bits per heavy atom. The summed E-state index contributed by atoms with van der Waals surface area (Å²) in [5.74, 6) is 0.840. The molecule has 1 N–H and O–H groups in total. The summed E-state index contributed by atoms with van der Waals surface area (Å²) in [6.45, 7) is 2.94. The molecule has 1 fully saturated rings. The number of piperidine rings is 1. The largest absolute Gasteiger partial charge is 0.491 e. The highest BCUT2D eigenvalue weighted by Gasteiger charge is 2.32. The number of thiophene rings is 1. The third-order valence-corrected chi connectivity index (χ3v) is 7.50. The summed E-state index contributed by atoms with van der Waals surface area (Å²) < 4.78 is 20.1. The first kappa shape index (κ1) is 25.4. The molecule has 1 amide bonds. The van der Waals surface area contributed by atoms with Crippen molar-refractivity contribution in [2.45, 2.75) is 31.8 Å². The van der Waals surface area contributed by atoms with Crippen molar-refractivity contribution in [2.75, 3.05) is 33.4 Å². The van der Waals surface area contributed by atoms with Gasteiger partial charge in [-0.25, -0.2) is 4.39 Å². The number of nitrogens with zero attached hydrogens (tertiary/aromatic N) is 2. The SMILES string of the molecule is CN(C(=O)c1ccsc1)[C@H](Cc1ccccc1F)C1CCN(Cc2cccc(OCCO)c2)CC1. The zero-order valence-electron chi connectivity index (χ0n) is 20.1. The van der Waals surface area contributed by atoms with Gasteiger partial charge in [0, 0.05) is 25.0 Å². The molecule has 1 aliphatic rings. The number of rotatable bonds is 10.